The third kappa shape index (κ3) is 4.40. The van der Waals surface area contributed by atoms with Crippen molar-refractivity contribution < 1.29 is 9.90 Å². The van der Waals surface area contributed by atoms with Gasteiger partial charge in [-0.3, -0.25) is 9.78 Å². The molecule has 0 radical (unpaired) electrons. The minimum Gasteiger partial charge on any atom is -0.397 e. The van der Waals surface area contributed by atoms with Crippen LogP contribution in [0.3, 0.4) is 0 Å². The van der Waals surface area contributed by atoms with Crippen molar-refractivity contribution in [3.8, 4) is 0 Å². The SMILES string of the molecule is CCCN(CCO)C(=O)Cc1ccc(N)cn1. The van der Waals surface area contributed by atoms with Gasteiger partial charge in [-0.25, -0.2) is 0 Å². The highest BCUT2D eigenvalue weighted by molar-refractivity contribution is 5.78. The molecule has 17 heavy (non-hydrogen) atoms. The zero-order valence-electron chi connectivity index (χ0n) is 10.1. The molecule has 0 aliphatic rings. The predicted molar refractivity (Wildman–Crippen MR) is 66.3 cm³/mol. The fraction of sp³-hybridized carbons (Fsp3) is 0.500. The molecule has 0 atom stereocenters. The maximum Gasteiger partial charge on any atom is 0.228 e. The van der Waals surface area contributed by atoms with Gasteiger partial charge in [0.05, 0.1) is 24.9 Å². The van der Waals surface area contributed by atoms with E-state index in [0.29, 0.717) is 24.5 Å². The molecule has 0 saturated carbocycles. The zero-order chi connectivity index (χ0) is 12.7. The Morgan fingerprint density at radius 3 is 2.76 bits per heavy atom. The number of pyridine rings is 1. The van der Waals surface area contributed by atoms with Crippen molar-refractivity contribution in [3.05, 3.63) is 24.0 Å². The van der Waals surface area contributed by atoms with Crippen LogP contribution in [0.5, 0.6) is 0 Å². The number of nitrogen functional groups attached to an aromatic ring is 1. The first-order valence-electron chi connectivity index (χ1n) is 5.76. The third-order valence-electron chi connectivity index (χ3n) is 2.40. The van der Waals surface area contributed by atoms with E-state index >= 15 is 0 Å². The molecular formula is C12H19N3O2. The lowest BCUT2D eigenvalue weighted by atomic mass is 10.2. The Balaban J connectivity index is 2.59. The van der Waals surface area contributed by atoms with Gasteiger partial charge < -0.3 is 15.7 Å². The number of hydrogen-bond donors (Lipinski definition) is 2. The number of rotatable bonds is 6. The molecule has 1 rings (SSSR count). The Labute approximate surface area is 101 Å². The summed E-state index contributed by atoms with van der Waals surface area (Å²) in [4.78, 5) is 17.7. The first-order chi connectivity index (χ1) is 8.17. The number of aromatic nitrogens is 1. The molecule has 5 heteroatoms. The van der Waals surface area contributed by atoms with Crippen LogP contribution < -0.4 is 5.73 Å². The number of amides is 1. The second-order valence-corrected chi connectivity index (χ2v) is 3.86. The molecule has 0 aliphatic heterocycles. The Morgan fingerprint density at radius 2 is 2.24 bits per heavy atom. The molecule has 1 aromatic rings. The van der Waals surface area contributed by atoms with Gasteiger partial charge in [-0.2, -0.15) is 0 Å². The largest absolute Gasteiger partial charge is 0.397 e. The van der Waals surface area contributed by atoms with Crippen LogP contribution in [0, 0.1) is 0 Å². The van der Waals surface area contributed by atoms with Crippen molar-refractivity contribution in [1.82, 2.24) is 9.88 Å². The predicted octanol–water partition coefficient (Wildman–Crippen LogP) is 0.437. The summed E-state index contributed by atoms with van der Waals surface area (Å²) in [6, 6.07) is 3.47. The van der Waals surface area contributed by atoms with Crippen molar-refractivity contribution in [2.45, 2.75) is 19.8 Å². The Morgan fingerprint density at radius 1 is 1.47 bits per heavy atom. The monoisotopic (exact) mass is 237 g/mol. The summed E-state index contributed by atoms with van der Waals surface area (Å²) in [6.45, 7) is 3.02. The maximum atomic E-state index is 11.9. The van der Waals surface area contributed by atoms with Crippen molar-refractivity contribution in [2.24, 2.45) is 0 Å². The standard InChI is InChI=1S/C12H19N3O2/c1-2-5-15(6-7-16)12(17)8-11-4-3-10(13)9-14-11/h3-4,9,16H,2,5-8,13H2,1H3. The molecule has 0 fully saturated rings. The minimum atomic E-state index is -0.0156. The topological polar surface area (TPSA) is 79.5 Å². The van der Waals surface area contributed by atoms with Gasteiger partial charge >= 0.3 is 0 Å². The number of aliphatic hydroxyl groups is 1. The van der Waals surface area contributed by atoms with E-state index in [1.165, 1.54) is 0 Å². The van der Waals surface area contributed by atoms with Gasteiger partial charge in [0.15, 0.2) is 0 Å². The minimum absolute atomic E-state index is 0.0130. The lowest BCUT2D eigenvalue weighted by Crippen LogP contribution is -2.35. The van der Waals surface area contributed by atoms with E-state index in [9.17, 15) is 4.79 Å². The molecule has 0 aliphatic carbocycles. The second-order valence-electron chi connectivity index (χ2n) is 3.86. The van der Waals surface area contributed by atoms with E-state index in [2.05, 4.69) is 4.98 Å². The molecule has 0 bridgehead atoms. The van der Waals surface area contributed by atoms with Crippen molar-refractivity contribution in [1.29, 1.82) is 0 Å². The van der Waals surface area contributed by atoms with E-state index in [1.54, 1.807) is 23.2 Å². The average molecular weight is 237 g/mol. The highest BCUT2D eigenvalue weighted by atomic mass is 16.3. The number of hydrogen-bond acceptors (Lipinski definition) is 4. The summed E-state index contributed by atoms with van der Waals surface area (Å²) >= 11 is 0. The second kappa shape index (κ2) is 6.85. The lowest BCUT2D eigenvalue weighted by Gasteiger charge is -2.20. The Kier molecular flexibility index (Phi) is 5.42. The van der Waals surface area contributed by atoms with E-state index in [0.717, 1.165) is 6.42 Å². The molecule has 1 heterocycles. The van der Waals surface area contributed by atoms with Gasteiger partial charge in [0.25, 0.3) is 0 Å². The van der Waals surface area contributed by atoms with Gasteiger partial charge in [-0.1, -0.05) is 6.92 Å². The fourth-order valence-corrected chi connectivity index (χ4v) is 1.56. The molecule has 1 aromatic heterocycles. The van der Waals surface area contributed by atoms with Crippen molar-refractivity contribution in [3.63, 3.8) is 0 Å². The molecule has 1 amide bonds. The number of carbonyl (C=O) groups excluding carboxylic acids is 1. The highest BCUT2D eigenvalue weighted by Crippen LogP contribution is 2.04. The molecule has 5 nitrogen and oxygen atoms in total. The highest BCUT2D eigenvalue weighted by Gasteiger charge is 2.13. The van der Waals surface area contributed by atoms with Crippen LogP contribution in [0.4, 0.5) is 5.69 Å². The molecule has 0 spiro atoms. The molecule has 0 unspecified atom stereocenters. The van der Waals surface area contributed by atoms with Crippen LogP contribution >= 0.6 is 0 Å². The Bertz CT molecular complexity index is 345. The van der Waals surface area contributed by atoms with Gasteiger partial charge in [0, 0.05) is 18.8 Å². The van der Waals surface area contributed by atoms with Crippen LogP contribution in [-0.4, -0.2) is 40.6 Å². The normalized spacial score (nSPS) is 10.2. The summed E-state index contributed by atoms with van der Waals surface area (Å²) in [7, 11) is 0. The molecule has 94 valence electrons. The van der Waals surface area contributed by atoms with Gasteiger partial charge in [0.2, 0.25) is 5.91 Å². The quantitative estimate of drug-likeness (QED) is 0.752. The van der Waals surface area contributed by atoms with E-state index < -0.39 is 0 Å². The number of nitrogens with two attached hydrogens (primary N) is 1. The zero-order valence-corrected chi connectivity index (χ0v) is 10.1. The average Bonchev–Trinajstić information content (AvgIpc) is 2.32. The number of carbonyl (C=O) groups is 1. The summed E-state index contributed by atoms with van der Waals surface area (Å²) in [5, 5.41) is 8.89. The third-order valence-corrected chi connectivity index (χ3v) is 2.40. The Hall–Kier alpha value is -1.62. The molecule has 0 aromatic carbocycles. The van der Waals surface area contributed by atoms with Gasteiger partial charge in [-0.05, 0) is 18.6 Å². The van der Waals surface area contributed by atoms with Crippen LogP contribution in [-0.2, 0) is 11.2 Å². The van der Waals surface area contributed by atoms with E-state index in [1.807, 2.05) is 6.92 Å². The van der Waals surface area contributed by atoms with Crippen LogP contribution in [0.1, 0.15) is 19.0 Å². The smallest absolute Gasteiger partial charge is 0.228 e. The van der Waals surface area contributed by atoms with Crippen molar-refractivity contribution >= 4 is 11.6 Å². The summed E-state index contributed by atoms with van der Waals surface area (Å²) in [5.74, 6) is -0.0156. The lowest BCUT2D eigenvalue weighted by molar-refractivity contribution is -0.131. The van der Waals surface area contributed by atoms with Crippen molar-refractivity contribution in [2.75, 3.05) is 25.4 Å². The maximum absolute atomic E-state index is 11.9. The van der Waals surface area contributed by atoms with Crippen LogP contribution in [0.15, 0.2) is 18.3 Å². The van der Waals surface area contributed by atoms with Crippen LogP contribution in [0.2, 0.25) is 0 Å². The van der Waals surface area contributed by atoms with Crippen LogP contribution in [0.25, 0.3) is 0 Å². The number of aliphatic hydroxyl groups excluding tert-OH is 1. The molecular weight excluding hydrogens is 218 g/mol. The summed E-state index contributed by atoms with van der Waals surface area (Å²) in [6.07, 6.45) is 2.67. The number of nitrogens with zero attached hydrogens (tertiary/aromatic N) is 2. The molecule has 3 N–H and O–H groups in total. The first kappa shape index (κ1) is 13.4. The first-order valence-corrected chi connectivity index (χ1v) is 5.76. The summed E-state index contributed by atoms with van der Waals surface area (Å²) in [5.41, 5.74) is 6.80. The molecule has 0 saturated heterocycles. The van der Waals surface area contributed by atoms with Gasteiger partial charge in [-0.15, -0.1) is 0 Å². The van der Waals surface area contributed by atoms with E-state index in [4.69, 9.17) is 10.8 Å². The fourth-order valence-electron chi connectivity index (χ4n) is 1.56. The van der Waals surface area contributed by atoms with E-state index in [-0.39, 0.29) is 18.9 Å². The number of anilines is 1. The van der Waals surface area contributed by atoms with Gasteiger partial charge in [0.1, 0.15) is 0 Å². The summed E-state index contributed by atoms with van der Waals surface area (Å²) < 4.78 is 0.